The van der Waals surface area contributed by atoms with Crippen molar-refractivity contribution >= 4 is 17.6 Å². The van der Waals surface area contributed by atoms with Gasteiger partial charge in [-0.1, -0.05) is 31.4 Å². The quantitative estimate of drug-likeness (QED) is 0.888. The zero-order valence-corrected chi connectivity index (χ0v) is 14.4. The number of aryl methyl sites for hydroxylation is 1. The Morgan fingerprint density at radius 1 is 1.04 bits per heavy atom. The van der Waals surface area contributed by atoms with E-state index in [1.165, 1.54) is 19.3 Å². The summed E-state index contributed by atoms with van der Waals surface area (Å²) in [4.78, 5) is 27.0. The fraction of sp³-hybridized carbons (Fsp3) is 0.579. The van der Waals surface area contributed by atoms with Crippen LogP contribution in [-0.2, 0) is 0 Å². The van der Waals surface area contributed by atoms with E-state index in [0.29, 0.717) is 11.3 Å². The fourth-order valence-electron chi connectivity index (χ4n) is 3.72. The van der Waals surface area contributed by atoms with Crippen LogP contribution < -0.4 is 10.6 Å². The standard InChI is InChI=1S/C19H27N3O2/c1-14-8-7-11-16(17(14)18(23)22-12-5-6-13-22)21-19(24)20-15-9-3-2-4-10-15/h7-8,11,15H,2-6,9-10,12-13H2,1H3,(H2,20,21,24). The van der Waals surface area contributed by atoms with Crippen LogP contribution in [0.4, 0.5) is 10.5 Å². The van der Waals surface area contributed by atoms with E-state index < -0.39 is 0 Å². The van der Waals surface area contributed by atoms with Gasteiger partial charge in [0.25, 0.3) is 5.91 Å². The molecule has 24 heavy (non-hydrogen) atoms. The summed E-state index contributed by atoms with van der Waals surface area (Å²) in [6, 6.07) is 5.67. The van der Waals surface area contributed by atoms with Crippen molar-refractivity contribution in [1.29, 1.82) is 0 Å². The van der Waals surface area contributed by atoms with Gasteiger partial charge in [0.05, 0.1) is 11.3 Å². The van der Waals surface area contributed by atoms with Gasteiger partial charge in [-0.05, 0) is 44.2 Å². The zero-order chi connectivity index (χ0) is 16.9. The van der Waals surface area contributed by atoms with Crippen molar-refractivity contribution in [2.24, 2.45) is 0 Å². The Morgan fingerprint density at radius 2 is 1.75 bits per heavy atom. The monoisotopic (exact) mass is 329 g/mol. The molecule has 5 nitrogen and oxygen atoms in total. The first-order chi connectivity index (χ1) is 11.6. The Labute approximate surface area is 143 Å². The number of carbonyl (C=O) groups excluding carboxylic acids is 2. The molecule has 0 aromatic heterocycles. The van der Waals surface area contributed by atoms with Gasteiger partial charge in [0, 0.05) is 19.1 Å². The van der Waals surface area contributed by atoms with Crippen LogP contribution in [0, 0.1) is 6.92 Å². The van der Waals surface area contributed by atoms with Crippen LogP contribution in [0.1, 0.15) is 60.9 Å². The molecule has 1 heterocycles. The van der Waals surface area contributed by atoms with Crippen LogP contribution in [0.5, 0.6) is 0 Å². The van der Waals surface area contributed by atoms with Crippen molar-refractivity contribution in [2.75, 3.05) is 18.4 Å². The maximum Gasteiger partial charge on any atom is 0.319 e. The Bertz CT molecular complexity index is 603. The largest absolute Gasteiger partial charge is 0.339 e. The fourth-order valence-corrected chi connectivity index (χ4v) is 3.72. The molecule has 0 unspecified atom stereocenters. The molecule has 2 aliphatic rings. The highest BCUT2D eigenvalue weighted by molar-refractivity contribution is 6.04. The Hall–Kier alpha value is -2.04. The van der Waals surface area contributed by atoms with Crippen LogP contribution in [0.3, 0.4) is 0 Å². The molecule has 1 aromatic rings. The van der Waals surface area contributed by atoms with Gasteiger partial charge < -0.3 is 15.5 Å². The van der Waals surface area contributed by atoms with E-state index >= 15 is 0 Å². The van der Waals surface area contributed by atoms with Gasteiger partial charge >= 0.3 is 6.03 Å². The Balaban J connectivity index is 1.71. The summed E-state index contributed by atoms with van der Waals surface area (Å²) < 4.78 is 0. The molecule has 1 saturated heterocycles. The maximum absolute atomic E-state index is 12.8. The smallest absolute Gasteiger partial charge is 0.319 e. The molecule has 0 atom stereocenters. The molecule has 2 fully saturated rings. The van der Waals surface area contributed by atoms with Crippen LogP contribution in [0.25, 0.3) is 0 Å². The second-order valence-corrected chi connectivity index (χ2v) is 6.93. The van der Waals surface area contributed by atoms with E-state index in [9.17, 15) is 9.59 Å². The Morgan fingerprint density at radius 3 is 2.46 bits per heavy atom. The number of rotatable bonds is 3. The molecule has 2 N–H and O–H groups in total. The molecule has 1 saturated carbocycles. The summed E-state index contributed by atoms with van der Waals surface area (Å²) in [6.45, 7) is 3.54. The van der Waals surface area contributed by atoms with Crippen molar-refractivity contribution in [2.45, 2.75) is 57.9 Å². The third kappa shape index (κ3) is 3.89. The van der Waals surface area contributed by atoms with E-state index in [-0.39, 0.29) is 18.0 Å². The molecule has 1 aliphatic heterocycles. The highest BCUT2D eigenvalue weighted by Gasteiger charge is 2.24. The lowest BCUT2D eigenvalue weighted by Crippen LogP contribution is -2.39. The molecule has 3 rings (SSSR count). The molecule has 5 heteroatoms. The number of amides is 3. The molecule has 0 bridgehead atoms. The number of carbonyl (C=O) groups is 2. The summed E-state index contributed by atoms with van der Waals surface area (Å²) in [6.07, 6.45) is 7.81. The number of benzene rings is 1. The van der Waals surface area contributed by atoms with Gasteiger partial charge in [0.1, 0.15) is 0 Å². The summed E-state index contributed by atoms with van der Waals surface area (Å²) in [5.74, 6) is 0.0265. The first-order valence-electron chi connectivity index (χ1n) is 9.11. The number of urea groups is 1. The molecule has 0 radical (unpaired) electrons. The highest BCUT2D eigenvalue weighted by atomic mass is 16.2. The van der Waals surface area contributed by atoms with Crippen molar-refractivity contribution in [1.82, 2.24) is 10.2 Å². The first-order valence-corrected chi connectivity index (χ1v) is 9.11. The number of likely N-dealkylation sites (tertiary alicyclic amines) is 1. The topological polar surface area (TPSA) is 61.4 Å². The second kappa shape index (κ2) is 7.69. The van der Waals surface area contributed by atoms with Gasteiger partial charge in [0.15, 0.2) is 0 Å². The van der Waals surface area contributed by atoms with Gasteiger partial charge in [-0.25, -0.2) is 4.79 Å². The SMILES string of the molecule is Cc1cccc(NC(=O)NC2CCCCC2)c1C(=O)N1CCCC1. The third-order valence-corrected chi connectivity index (χ3v) is 5.07. The minimum absolute atomic E-state index is 0.0265. The lowest BCUT2D eigenvalue weighted by atomic mass is 9.96. The second-order valence-electron chi connectivity index (χ2n) is 6.93. The molecular weight excluding hydrogens is 302 g/mol. The lowest BCUT2D eigenvalue weighted by molar-refractivity contribution is 0.0793. The van der Waals surface area contributed by atoms with Gasteiger partial charge in [-0.3, -0.25) is 4.79 Å². The summed E-state index contributed by atoms with van der Waals surface area (Å²) in [5, 5.41) is 5.95. The zero-order valence-electron chi connectivity index (χ0n) is 14.4. The predicted octanol–water partition coefficient (Wildman–Crippen LogP) is 3.69. The molecule has 0 spiro atoms. The normalized spacial score (nSPS) is 18.5. The van der Waals surface area contributed by atoms with Gasteiger partial charge in [-0.2, -0.15) is 0 Å². The van der Waals surface area contributed by atoms with E-state index in [1.807, 2.05) is 30.0 Å². The van der Waals surface area contributed by atoms with Gasteiger partial charge in [-0.15, -0.1) is 0 Å². The number of nitrogens with zero attached hydrogens (tertiary/aromatic N) is 1. The third-order valence-electron chi connectivity index (χ3n) is 5.07. The lowest BCUT2D eigenvalue weighted by Gasteiger charge is -2.24. The van der Waals surface area contributed by atoms with Crippen molar-refractivity contribution in [3.05, 3.63) is 29.3 Å². The van der Waals surface area contributed by atoms with Crippen molar-refractivity contribution in [3.63, 3.8) is 0 Å². The Kier molecular flexibility index (Phi) is 5.38. The van der Waals surface area contributed by atoms with Gasteiger partial charge in [0.2, 0.25) is 0 Å². The first kappa shape index (κ1) is 16.8. The number of anilines is 1. The van der Waals surface area contributed by atoms with Crippen LogP contribution in [0.2, 0.25) is 0 Å². The number of hydrogen-bond donors (Lipinski definition) is 2. The average molecular weight is 329 g/mol. The van der Waals surface area contributed by atoms with Crippen LogP contribution in [-0.4, -0.2) is 36.0 Å². The predicted molar refractivity (Wildman–Crippen MR) is 95.3 cm³/mol. The van der Waals surface area contributed by atoms with E-state index in [1.54, 1.807) is 0 Å². The summed E-state index contributed by atoms with van der Waals surface area (Å²) in [7, 11) is 0. The van der Waals surface area contributed by atoms with E-state index in [2.05, 4.69) is 10.6 Å². The molecule has 1 aliphatic carbocycles. The summed E-state index contributed by atoms with van der Waals surface area (Å²) >= 11 is 0. The molecule has 1 aromatic carbocycles. The molecular formula is C19H27N3O2. The van der Waals surface area contributed by atoms with Crippen LogP contribution >= 0.6 is 0 Å². The number of nitrogens with one attached hydrogen (secondary N) is 2. The molecule has 3 amide bonds. The van der Waals surface area contributed by atoms with Crippen LogP contribution in [0.15, 0.2) is 18.2 Å². The highest BCUT2D eigenvalue weighted by Crippen LogP contribution is 2.24. The van der Waals surface area contributed by atoms with Crippen molar-refractivity contribution < 1.29 is 9.59 Å². The van der Waals surface area contributed by atoms with Crippen molar-refractivity contribution in [3.8, 4) is 0 Å². The minimum atomic E-state index is -0.206. The summed E-state index contributed by atoms with van der Waals surface area (Å²) in [5.41, 5.74) is 2.14. The van der Waals surface area contributed by atoms with E-state index in [4.69, 9.17) is 0 Å². The number of hydrogen-bond acceptors (Lipinski definition) is 2. The minimum Gasteiger partial charge on any atom is -0.339 e. The average Bonchev–Trinajstić information content (AvgIpc) is 3.10. The maximum atomic E-state index is 12.8. The van der Waals surface area contributed by atoms with E-state index in [0.717, 1.165) is 44.3 Å². The molecule has 130 valence electrons.